The maximum atomic E-state index is 13.1. The van der Waals surface area contributed by atoms with Crippen molar-refractivity contribution in [2.45, 2.75) is 13.5 Å². The van der Waals surface area contributed by atoms with E-state index in [-0.39, 0.29) is 11.8 Å². The predicted molar refractivity (Wildman–Crippen MR) is 101 cm³/mol. The Hall–Kier alpha value is -3.14. The molecule has 3 rings (SSSR count). The summed E-state index contributed by atoms with van der Waals surface area (Å²) in [5, 5.41) is 0. The fourth-order valence-electron chi connectivity index (χ4n) is 3.14. The Morgan fingerprint density at radius 2 is 1.77 bits per heavy atom. The quantitative estimate of drug-likeness (QED) is 0.358. The molecule has 132 valence electrons. The van der Waals surface area contributed by atoms with E-state index in [1.54, 1.807) is 11.0 Å². The lowest BCUT2D eigenvalue weighted by molar-refractivity contribution is -0.134. The van der Waals surface area contributed by atoms with Crippen LogP contribution in [-0.2, 0) is 20.9 Å². The number of ether oxygens (including phenoxy) is 1. The summed E-state index contributed by atoms with van der Waals surface area (Å²) in [5.74, 6) is -0.448. The number of benzene rings is 2. The molecule has 0 aromatic heterocycles. The summed E-state index contributed by atoms with van der Waals surface area (Å²) in [4.78, 5) is 26.5. The van der Waals surface area contributed by atoms with Gasteiger partial charge in [-0.3, -0.25) is 9.59 Å². The third-order valence-electron chi connectivity index (χ3n) is 4.33. The minimum Gasteiger partial charge on any atom is -0.426 e. The van der Waals surface area contributed by atoms with Crippen LogP contribution in [0, 0.1) is 5.92 Å². The van der Waals surface area contributed by atoms with Gasteiger partial charge in [-0.1, -0.05) is 66.7 Å². The lowest BCUT2D eigenvalue weighted by Crippen LogP contribution is -2.25. The fourth-order valence-corrected chi connectivity index (χ4v) is 3.14. The first kappa shape index (κ1) is 17.7. The molecule has 0 aliphatic carbocycles. The van der Waals surface area contributed by atoms with Crippen LogP contribution in [0.4, 0.5) is 0 Å². The molecule has 0 spiro atoms. The second-order valence-electron chi connectivity index (χ2n) is 6.22. The second kappa shape index (κ2) is 7.83. The van der Waals surface area contributed by atoms with Gasteiger partial charge in [0.15, 0.2) is 0 Å². The van der Waals surface area contributed by atoms with E-state index in [1.165, 1.54) is 6.92 Å². The Balaban J connectivity index is 2.01. The second-order valence-corrected chi connectivity index (χ2v) is 6.22. The van der Waals surface area contributed by atoms with Crippen LogP contribution >= 0.6 is 0 Å². The molecular formula is C22H21NO3. The van der Waals surface area contributed by atoms with E-state index in [4.69, 9.17) is 4.74 Å². The van der Waals surface area contributed by atoms with Gasteiger partial charge < -0.3 is 9.64 Å². The SMILES string of the molecule is C=CC1CN(Cc2ccccc2)C(=O)/C1=C(\OC(C)=O)c1ccccc1. The van der Waals surface area contributed by atoms with Gasteiger partial charge in [-0.15, -0.1) is 6.58 Å². The van der Waals surface area contributed by atoms with E-state index in [9.17, 15) is 9.59 Å². The maximum absolute atomic E-state index is 13.1. The largest absolute Gasteiger partial charge is 0.426 e. The van der Waals surface area contributed by atoms with Crippen LogP contribution in [-0.4, -0.2) is 23.3 Å². The lowest BCUT2D eigenvalue weighted by atomic mass is 9.98. The van der Waals surface area contributed by atoms with Gasteiger partial charge in [-0.2, -0.15) is 0 Å². The third-order valence-corrected chi connectivity index (χ3v) is 4.33. The summed E-state index contributed by atoms with van der Waals surface area (Å²) in [6, 6.07) is 19.1. The predicted octanol–water partition coefficient (Wildman–Crippen LogP) is 3.81. The highest BCUT2D eigenvalue weighted by Crippen LogP contribution is 2.34. The Bertz CT molecular complexity index is 840. The van der Waals surface area contributed by atoms with Crippen molar-refractivity contribution in [1.82, 2.24) is 4.90 Å². The number of amides is 1. The summed E-state index contributed by atoms with van der Waals surface area (Å²) >= 11 is 0. The van der Waals surface area contributed by atoms with E-state index >= 15 is 0 Å². The van der Waals surface area contributed by atoms with Crippen molar-refractivity contribution in [3.05, 3.63) is 90.0 Å². The molecule has 26 heavy (non-hydrogen) atoms. The van der Waals surface area contributed by atoms with Crippen LogP contribution in [0.3, 0.4) is 0 Å². The Labute approximate surface area is 153 Å². The molecular weight excluding hydrogens is 326 g/mol. The van der Waals surface area contributed by atoms with Gasteiger partial charge in [-0.05, 0) is 5.56 Å². The first-order valence-corrected chi connectivity index (χ1v) is 8.54. The van der Waals surface area contributed by atoms with Crippen molar-refractivity contribution in [3.8, 4) is 0 Å². The highest BCUT2D eigenvalue weighted by Gasteiger charge is 2.37. The van der Waals surface area contributed by atoms with Gasteiger partial charge in [0.1, 0.15) is 5.76 Å². The molecule has 1 heterocycles. The number of nitrogens with zero attached hydrogens (tertiary/aromatic N) is 1. The number of hydrogen-bond acceptors (Lipinski definition) is 3. The molecule has 1 amide bonds. The summed E-state index contributed by atoms with van der Waals surface area (Å²) in [7, 11) is 0. The smallest absolute Gasteiger partial charge is 0.308 e. The normalized spacial score (nSPS) is 18.6. The number of esters is 1. The Morgan fingerprint density at radius 3 is 2.35 bits per heavy atom. The monoisotopic (exact) mass is 347 g/mol. The summed E-state index contributed by atoms with van der Waals surface area (Å²) < 4.78 is 5.47. The zero-order valence-corrected chi connectivity index (χ0v) is 14.7. The Kier molecular flexibility index (Phi) is 5.32. The van der Waals surface area contributed by atoms with Crippen molar-refractivity contribution in [3.63, 3.8) is 0 Å². The van der Waals surface area contributed by atoms with Crippen LogP contribution < -0.4 is 0 Å². The highest BCUT2D eigenvalue weighted by atomic mass is 16.5. The maximum Gasteiger partial charge on any atom is 0.308 e. The standard InChI is InChI=1S/C22H21NO3/c1-3-18-15-23(14-17-10-6-4-7-11-17)22(25)20(18)21(26-16(2)24)19-12-8-5-9-13-19/h3-13,18H,1,14-15H2,2H3/b21-20-. The molecule has 4 heteroatoms. The summed E-state index contributed by atoms with van der Waals surface area (Å²) in [6.07, 6.45) is 1.74. The van der Waals surface area contributed by atoms with Gasteiger partial charge in [0, 0.05) is 31.5 Å². The Morgan fingerprint density at radius 1 is 1.15 bits per heavy atom. The molecule has 0 radical (unpaired) electrons. The van der Waals surface area contributed by atoms with Crippen molar-refractivity contribution in [1.29, 1.82) is 0 Å². The van der Waals surface area contributed by atoms with Crippen molar-refractivity contribution in [2.75, 3.05) is 6.54 Å². The molecule has 1 unspecified atom stereocenters. The number of likely N-dealkylation sites (tertiary alicyclic amines) is 1. The molecule has 2 aromatic carbocycles. The molecule has 1 saturated heterocycles. The summed E-state index contributed by atoms with van der Waals surface area (Å²) in [6.45, 7) is 6.24. The molecule has 0 saturated carbocycles. The van der Waals surface area contributed by atoms with Crippen LogP contribution in [0.5, 0.6) is 0 Å². The summed E-state index contributed by atoms with van der Waals surface area (Å²) in [5.41, 5.74) is 2.25. The minimum absolute atomic E-state index is 0.126. The van der Waals surface area contributed by atoms with Gasteiger partial charge in [0.05, 0.1) is 5.57 Å². The highest BCUT2D eigenvalue weighted by molar-refractivity contribution is 6.04. The molecule has 1 atom stereocenters. The fraction of sp³-hybridized carbons (Fsp3) is 0.182. The minimum atomic E-state index is -0.450. The lowest BCUT2D eigenvalue weighted by Gasteiger charge is -2.16. The topological polar surface area (TPSA) is 46.6 Å². The molecule has 1 fully saturated rings. The van der Waals surface area contributed by atoms with E-state index in [1.807, 2.05) is 60.7 Å². The van der Waals surface area contributed by atoms with Crippen LogP contribution in [0.15, 0.2) is 78.9 Å². The zero-order chi connectivity index (χ0) is 18.5. The number of carbonyl (C=O) groups is 2. The first-order chi connectivity index (χ1) is 12.6. The van der Waals surface area contributed by atoms with Crippen LogP contribution in [0.2, 0.25) is 0 Å². The zero-order valence-electron chi connectivity index (χ0n) is 14.7. The van der Waals surface area contributed by atoms with Crippen molar-refractivity contribution >= 4 is 17.6 Å². The van der Waals surface area contributed by atoms with E-state index in [0.29, 0.717) is 30.0 Å². The van der Waals surface area contributed by atoms with Crippen LogP contribution in [0.25, 0.3) is 5.76 Å². The van der Waals surface area contributed by atoms with Crippen molar-refractivity contribution in [2.24, 2.45) is 5.92 Å². The molecule has 2 aromatic rings. The van der Waals surface area contributed by atoms with Crippen molar-refractivity contribution < 1.29 is 14.3 Å². The van der Waals surface area contributed by atoms with Gasteiger partial charge in [-0.25, -0.2) is 0 Å². The van der Waals surface area contributed by atoms with E-state index < -0.39 is 5.97 Å². The molecule has 0 N–H and O–H groups in total. The average Bonchev–Trinajstić information content (AvgIpc) is 2.97. The number of rotatable bonds is 5. The van der Waals surface area contributed by atoms with E-state index in [2.05, 4.69) is 6.58 Å². The van der Waals surface area contributed by atoms with Gasteiger partial charge in [0.2, 0.25) is 0 Å². The molecule has 1 aliphatic heterocycles. The first-order valence-electron chi connectivity index (χ1n) is 8.54. The van der Waals surface area contributed by atoms with Crippen LogP contribution in [0.1, 0.15) is 18.1 Å². The third kappa shape index (κ3) is 3.75. The van der Waals surface area contributed by atoms with Gasteiger partial charge in [0.25, 0.3) is 5.91 Å². The molecule has 1 aliphatic rings. The molecule has 4 nitrogen and oxygen atoms in total. The van der Waals surface area contributed by atoms with E-state index in [0.717, 1.165) is 5.56 Å². The number of hydrogen-bond donors (Lipinski definition) is 0. The average molecular weight is 347 g/mol. The van der Waals surface area contributed by atoms with Gasteiger partial charge >= 0.3 is 5.97 Å². The molecule has 0 bridgehead atoms. The number of carbonyl (C=O) groups excluding carboxylic acids is 2.